The Morgan fingerprint density at radius 3 is 2.32 bits per heavy atom. The SMILES string of the molecule is CCc1ccccc1NC(=O)C[NH+](C)CC(=O)N1CCN(c2ccc(OC)cc2)CC1. The van der Waals surface area contributed by atoms with Crippen molar-refractivity contribution >= 4 is 23.2 Å². The summed E-state index contributed by atoms with van der Waals surface area (Å²) in [6.07, 6.45) is 0.861. The maximum atomic E-state index is 12.7. The van der Waals surface area contributed by atoms with Crippen molar-refractivity contribution in [1.29, 1.82) is 0 Å². The molecule has 2 amide bonds. The summed E-state index contributed by atoms with van der Waals surface area (Å²) in [4.78, 5) is 30.2. The number of likely N-dealkylation sites (N-methyl/N-ethyl adjacent to an activating group) is 1. The molecular formula is C24H33N4O3+. The van der Waals surface area contributed by atoms with Crippen molar-refractivity contribution in [2.24, 2.45) is 0 Å². The van der Waals surface area contributed by atoms with Gasteiger partial charge >= 0.3 is 0 Å². The molecule has 0 aromatic heterocycles. The minimum absolute atomic E-state index is 0.0736. The van der Waals surface area contributed by atoms with Gasteiger partial charge in [-0.15, -0.1) is 0 Å². The molecule has 1 aliphatic heterocycles. The average Bonchev–Trinajstić information content (AvgIpc) is 2.79. The van der Waals surface area contributed by atoms with E-state index in [0.29, 0.717) is 19.6 Å². The summed E-state index contributed by atoms with van der Waals surface area (Å²) in [6.45, 7) is 5.61. The molecule has 0 saturated carbocycles. The molecule has 2 N–H and O–H groups in total. The Kier molecular flexibility index (Phi) is 7.89. The number of anilines is 2. The number of hydrogen-bond donors (Lipinski definition) is 2. The monoisotopic (exact) mass is 425 g/mol. The van der Waals surface area contributed by atoms with E-state index in [4.69, 9.17) is 4.74 Å². The third-order valence-corrected chi connectivity index (χ3v) is 5.66. The van der Waals surface area contributed by atoms with Gasteiger partial charge in [0, 0.05) is 37.6 Å². The normalized spacial score (nSPS) is 14.8. The quantitative estimate of drug-likeness (QED) is 0.664. The smallest absolute Gasteiger partial charge is 0.279 e. The molecule has 1 unspecified atom stereocenters. The Hall–Kier alpha value is -3.06. The standard InChI is InChI=1S/C24H32N4O3/c1-4-19-7-5-6-8-22(19)25-23(29)17-26(2)18-24(30)28-15-13-27(14-16-28)20-9-11-21(31-3)12-10-20/h5-12H,4,13-18H2,1-3H3,(H,25,29)/p+1. The fraction of sp³-hybridized carbons (Fsp3) is 0.417. The zero-order valence-electron chi connectivity index (χ0n) is 18.7. The number of carbonyl (C=O) groups is 2. The highest BCUT2D eigenvalue weighted by atomic mass is 16.5. The molecule has 1 atom stereocenters. The summed E-state index contributed by atoms with van der Waals surface area (Å²) in [5, 5.41) is 2.98. The fourth-order valence-electron chi connectivity index (χ4n) is 3.86. The van der Waals surface area contributed by atoms with Crippen LogP contribution < -0.4 is 19.9 Å². The summed E-state index contributed by atoms with van der Waals surface area (Å²) in [5.74, 6) is 0.856. The van der Waals surface area contributed by atoms with Crippen LogP contribution in [0.2, 0.25) is 0 Å². The van der Waals surface area contributed by atoms with Gasteiger partial charge in [-0.3, -0.25) is 9.59 Å². The first-order valence-corrected chi connectivity index (χ1v) is 10.9. The van der Waals surface area contributed by atoms with E-state index in [0.717, 1.165) is 47.1 Å². The zero-order valence-corrected chi connectivity index (χ0v) is 18.7. The number of carbonyl (C=O) groups excluding carboxylic acids is 2. The van der Waals surface area contributed by atoms with Gasteiger partial charge in [-0.1, -0.05) is 25.1 Å². The number of nitrogens with zero attached hydrogens (tertiary/aromatic N) is 2. The van der Waals surface area contributed by atoms with Crippen molar-refractivity contribution in [3.8, 4) is 5.75 Å². The second kappa shape index (κ2) is 10.8. The highest BCUT2D eigenvalue weighted by Crippen LogP contribution is 2.20. The number of quaternary nitrogens is 1. The molecule has 0 spiro atoms. The summed E-state index contributed by atoms with van der Waals surface area (Å²) < 4.78 is 5.21. The zero-order chi connectivity index (χ0) is 22.2. The Morgan fingerprint density at radius 1 is 1.00 bits per heavy atom. The lowest BCUT2D eigenvalue weighted by molar-refractivity contribution is -0.862. The highest BCUT2D eigenvalue weighted by Gasteiger charge is 2.24. The molecule has 1 aliphatic rings. The first-order chi connectivity index (χ1) is 15.0. The van der Waals surface area contributed by atoms with Gasteiger partial charge in [-0.05, 0) is 42.3 Å². The number of piperazine rings is 1. The van der Waals surface area contributed by atoms with E-state index >= 15 is 0 Å². The van der Waals surface area contributed by atoms with Crippen molar-refractivity contribution in [2.75, 3.05) is 63.6 Å². The number of amides is 2. The molecule has 7 heteroatoms. The van der Waals surface area contributed by atoms with Gasteiger partial charge in [0.15, 0.2) is 13.1 Å². The number of methoxy groups -OCH3 is 1. The average molecular weight is 426 g/mol. The molecule has 0 bridgehead atoms. The fourth-order valence-corrected chi connectivity index (χ4v) is 3.86. The van der Waals surface area contributed by atoms with E-state index in [9.17, 15) is 9.59 Å². The first-order valence-electron chi connectivity index (χ1n) is 10.9. The number of ether oxygens (including phenoxy) is 1. The van der Waals surface area contributed by atoms with Crippen molar-refractivity contribution < 1.29 is 19.2 Å². The van der Waals surface area contributed by atoms with Gasteiger partial charge in [0.05, 0.1) is 14.2 Å². The molecule has 0 radical (unpaired) electrons. The lowest BCUT2D eigenvalue weighted by Crippen LogP contribution is -3.11. The maximum absolute atomic E-state index is 12.7. The van der Waals surface area contributed by atoms with Crippen LogP contribution in [0.1, 0.15) is 12.5 Å². The predicted octanol–water partition coefficient (Wildman–Crippen LogP) is 1.06. The Morgan fingerprint density at radius 2 is 1.68 bits per heavy atom. The number of nitrogens with one attached hydrogen (secondary N) is 2. The summed E-state index contributed by atoms with van der Waals surface area (Å²) in [5.41, 5.74) is 3.10. The second-order valence-electron chi connectivity index (χ2n) is 7.94. The van der Waals surface area contributed by atoms with Crippen LogP contribution >= 0.6 is 0 Å². The molecule has 7 nitrogen and oxygen atoms in total. The maximum Gasteiger partial charge on any atom is 0.279 e. The van der Waals surface area contributed by atoms with Crippen molar-refractivity contribution in [3.63, 3.8) is 0 Å². The van der Waals surface area contributed by atoms with Crippen molar-refractivity contribution in [1.82, 2.24) is 4.90 Å². The molecule has 166 valence electrons. The minimum atomic E-state index is -0.0736. The molecule has 2 aromatic carbocycles. The van der Waals surface area contributed by atoms with E-state index in [1.54, 1.807) is 7.11 Å². The lowest BCUT2D eigenvalue weighted by atomic mass is 10.1. The molecule has 2 aromatic rings. The molecule has 1 heterocycles. The lowest BCUT2D eigenvalue weighted by Gasteiger charge is -2.36. The van der Waals surface area contributed by atoms with Crippen LogP contribution in [-0.2, 0) is 16.0 Å². The van der Waals surface area contributed by atoms with E-state index < -0.39 is 0 Å². The number of aryl methyl sites for hydroxylation is 1. The van der Waals surface area contributed by atoms with Crippen LogP contribution in [0.5, 0.6) is 5.75 Å². The van der Waals surface area contributed by atoms with Crippen molar-refractivity contribution in [2.45, 2.75) is 13.3 Å². The Bertz CT molecular complexity index is 877. The van der Waals surface area contributed by atoms with Gasteiger partial charge in [0.2, 0.25) is 0 Å². The van der Waals surface area contributed by atoms with E-state index in [-0.39, 0.29) is 18.4 Å². The van der Waals surface area contributed by atoms with E-state index in [1.165, 1.54) is 0 Å². The number of hydrogen-bond acceptors (Lipinski definition) is 4. The Labute approximate surface area is 184 Å². The number of para-hydroxylation sites is 1. The minimum Gasteiger partial charge on any atom is -0.497 e. The van der Waals surface area contributed by atoms with Crippen LogP contribution in [0, 0.1) is 0 Å². The van der Waals surface area contributed by atoms with Gasteiger partial charge in [0.1, 0.15) is 5.75 Å². The van der Waals surface area contributed by atoms with E-state index in [1.807, 2.05) is 60.5 Å². The van der Waals surface area contributed by atoms with Gasteiger partial charge in [-0.25, -0.2) is 0 Å². The van der Waals surface area contributed by atoms with Gasteiger partial charge in [0.25, 0.3) is 11.8 Å². The van der Waals surface area contributed by atoms with Crippen LogP contribution in [0.4, 0.5) is 11.4 Å². The third-order valence-electron chi connectivity index (χ3n) is 5.66. The Balaban J connectivity index is 1.44. The number of rotatable bonds is 8. The molecule has 31 heavy (non-hydrogen) atoms. The van der Waals surface area contributed by atoms with Gasteiger partial charge in [-0.2, -0.15) is 0 Å². The third kappa shape index (κ3) is 6.21. The van der Waals surface area contributed by atoms with Crippen LogP contribution in [-0.4, -0.2) is 70.1 Å². The second-order valence-corrected chi connectivity index (χ2v) is 7.94. The predicted molar refractivity (Wildman–Crippen MR) is 123 cm³/mol. The highest BCUT2D eigenvalue weighted by molar-refractivity contribution is 5.92. The van der Waals surface area contributed by atoms with E-state index in [2.05, 4.69) is 17.1 Å². The molecular weight excluding hydrogens is 392 g/mol. The number of benzene rings is 2. The van der Waals surface area contributed by atoms with Crippen LogP contribution in [0.3, 0.4) is 0 Å². The van der Waals surface area contributed by atoms with Crippen LogP contribution in [0.15, 0.2) is 48.5 Å². The van der Waals surface area contributed by atoms with Gasteiger partial charge < -0.3 is 24.8 Å². The summed E-state index contributed by atoms with van der Waals surface area (Å²) in [6, 6.07) is 15.8. The molecule has 0 aliphatic carbocycles. The molecule has 1 fully saturated rings. The summed E-state index contributed by atoms with van der Waals surface area (Å²) in [7, 11) is 3.54. The van der Waals surface area contributed by atoms with Crippen molar-refractivity contribution in [3.05, 3.63) is 54.1 Å². The first kappa shape index (κ1) is 22.6. The topological polar surface area (TPSA) is 66.3 Å². The molecule has 1 saturated heterocycles. The van der Waals surface area contributed by atoms with Crippen LogP contribution in [0.25, 0.3) is 0 Å². The summed E-state index contributed by atoms with van der Waals surface area (Å²) >= 11 is 0. The largest absolute Gasteiger partial charge is 0.497 e. The molecule has 3 rings (SSSR count).